The lowest BCUT2D eigenvalue weighted by atomic mass is 9.77. The largest absolute Gasteiger partial charge is 0.478 e. The molecule has 1 aromatic carbocycles. The highest BCUT2D eigenvalue weighted by Crippen LogP contribution is 2.36. The van der Waals surface area contributed by atoms with E-state index in [9.17, 15) is 9.59 Å². The van der Waals surface area contributed by atoms with E-state index in [1.807, 2.05) is 18.2 Å². The molecule has 98 valence electrons. The molecule has 1 aromatic rings. The number of anilines is 1. The summed E-state index contributed by atoms with van der Waals surface area (Å²) in [7, 11) is 0. The number of fused-ring (bicyclic) bond motifs is 1. The molecule has 0 aromatic heterocycles. The minimum absolute atomic E-state index is 0.00728. The molecule has 5 nitrogen and oxygen atoms in total. The van der Waals surface area contributed by atoms with Gasteiger partial charge in [-0.3, -0.25) is 4.79 Å². The van der Waals surface area contributed by atoms with E-state index in [0.29, 0.717) is 19.6 Å². The molecule has 2 aliphatic rings. The van der Waals surface area contributed by atoms with Crippen LogP contribution in [0.15, 0.2) is 30.4 Å². The lowest BCUT2D eigenvalue weighted by Crippen LogP contribution is -2.45. The van der Waals surface area contributed by atoms with Gasteiger partial charge in [-0.05, 0) is 17.2 Å². The van der Waals surface area contributed by atoms with E-state index < -0.39 is 5.97 Å². The Bertz CT molecular complexity index is 587. The van der Waals surface area contributed by atoms with E-state index in [1.165, 1.54) is 0 Å². The number of rotatable bonds is 3. The van der Waals surface area contributed by atoms with Crippen molar-refractivity contribution in [3.63, 3.8) is 0 Å². The van der Waals surface area contributed by atoms with Gasteiger partial charge in [0, 0.05) is 11.8 Å². The van der Waals surface area contributed by atoms with Crippen LogP contribution in [-0.4, -0.2) is 30.2 Å². The lowest BCUT2D eigenvalue weighted by molar-refractivity contribution is -0.131. The third kappa shape index (κ3) is 2.02. The Balaban J connectivity index is 1.95. The molecular weight excluding hydrogens is 246 g/mol. The van der Waals surface area contributed by atoms with Gasteiger partial charge in [0.1, 0.15) is 0 Å². The lowest BCUT2D eigenvalue weighted by Gasteiger charge is -2.39. The number of aliphatic carboxylic acids is 1. The number of carboxylic acid groups (broad SMARTS) is 1. The molecule has 2 N–H and O–H groups in total. The quantitative estimate of drug-likeness (QED) is 0.797. The summed E-state index contributed by atoms with van der Waals surface area (Å²) in [5.74, 6) is -0.976. The van der Waals surface area contributed by atoms with Crippen LogP contribution < -0.4 is 5.32 Å². The molecular formula is C14H13NO4. The fourth-order valence-electron chi connectivity index (χ4n) is 2.45. The summed E-state index contributed by atoms with van der Waals surface area (Å²) in [4.78, 5) is 22.0. The van der Waals surface area contributed by atoms with Crippen LogP contribution in [0.4, 0.5) is 5.69 Å². The number of nitrogens with one attached hydrogen (secondary N) is 1. The molecule has 5 heteroatoms. The van der Waals surface area contributed by atoms with Gasteiger partial charge < -0.3 is 15.2 Å². The number of carbonyl (C=O) groups is 2. The SMILES string of the molecule is O=C(O)/C=C/C1(c2ccc3c(c2)CC(=O)N3)COC1. The second kappa shape index (κ2) is 4.20. The normalized spacial score (nSPS) is 19.9. The number of hydrogen-bond acceptors (Lipinski definition) is 3. The van der Waals surface area contributed by atoms with Crippen LogP contribution in [0.25, 0.3) is 0 Å². The zero-order valence-corrected chi connectivity index (χ0v) is 10.2. The molecule has 1 saturated heterocycles. The molecule has 3 rings (SSSR count). The van der Waals surface area contributed by atoms with Gasteiger partial charge in [-0.25, -0.2) is 4.79 Å². The maximum Gasteiger partial charge on any atom is 0.328 e. The van der Waals surface area contributed by atoms with Crippen molar-refractivity contribution in [2.45, 2.75) is 11.8 Å². The topological polar surface area (TPSA) is 75.6 Å². The smallest absolute Gasteiger partial charge is 0.328 e. The zero-order valence-electron chi connectivity index (χ0n) is 10.2. The summed E-state index contributed by atoms with van der Waals surface area (Å²) in [6.45, 7) is 0.938. The molecule has 0 unspecified atom stereocenters. The van der Waals surface area contributed by atoms with Crippen molar-refractivity contribution in [2.75, 3.05) is 18.5 Å². The van der Waals surface area contributed by atoms with Gasteiger partial charge in [0.25, 0.3) is 0 Å². The predicted molar refractivity (Wildman–Crippen MR) is 68.0 cm³/mol. The summed E-state index contributed by atoms with van der Waals surface area (Å²) >= 11 is 0. The van der Waals surface area contributed by atoms with Crippen LogP contribution in [-0.2, 0) is 26.2 Å². The Labute approximate surface area is 109 Å². The van der Waals surface area contributed by atoms with E-state index in [1.54, 1.807) is 6.08 Å². The summed E-state index contributed by atoms with van der Waals surface area (Å²) in [5.41, 5.74) is 2.41. The molecule has 0 radical (unpaired) electrons. The molecule has 0 atom stereocenters. The second-order valence-electron chi connectivity index (χ2n) is 4.92. The van der Waals surface area contributed by atoms with Crippen molar-refractivity contribution in [3.8, 4) is 0 Å². The predicted octanol–water partition coefficient (Wildman–Crippen LogP) is 1.09. The number of benzene rings is 1. The van der Waals surface area contributed by atoms with Gasteiger partial charge in [0.05, 0.1) is 25.0 Å². The highest BCUT2D eigenvalue weighted by Gasteiger charge is 2.38. The van der Waals surface area contributed by atoms with E-state index in [2.05, 4.69) is 5.32 Å². The van der Waals surface area contributed by atoms with Crippen molar-refractivity contribution in [3.05, 3.63) is 41.5 Å². The second-order valence-corrected chi connectivity index (χ2v) is 4.92. The summed E-state index contributed by atoms with van der Waals surface area (Å²) in [6, 6.07) is 5.74. The maximum atomic E-state index is 11.3. The maximum absolute atomic E-state index is 11.3. The van der Waals surface area contributed by atoms with Gasteiger partial charge in [-0.1, -0.05) is 18.2 Å². The summed E-state index contributed by atoms with van der Waals surface area (Å²) in [5, 5.41) is 11.5. The molecule has 19 heavy (non-hydrogen) atoms. The van der Waals surface area contributed by atoms with Crippen molar-refractivity contribution in [2.24, 2.45) is 0 Å². The first-order valence-corrected chi connectivity index (χ1v) is 6.02. The monoisotopic (exact) mass is 259 g/mol. The van der Waals surface area contributed by atoms with Crippen LogP contribution >= 0.6 is 0 Å². The standard InChI is InChI=1S/C14H13NO4/c16-12-6-9-5-10(1-2-11(9)15-12)14(7-19-8-14)4-3-13(17)18/h1-5H,6-8H2,(H,15,16)(H,17,18)/b4-3+. The molecule has 0 bridgehead atoms. The fourth-order valence-corrected chi connectivity index (χ4v) is 2.45. The van der Waals surface area contributed by atoms with Crippen molar-refractivity contribution in [1.82, 2.24) is 0 Å². The Morgan fingerprint density at radius 3 is 2.84 bits per heavy atom. The minimum atomic E-state index is -0.968. The van der Waals surface area contributed by atoms with Crippen LogP contribution in [0.5, 0.6) is 0 Å². The summed E-state index contributed by atoms with van der Waals surface area (Å²) < 4.78 is 5.24. The molecule has 1 fully saturated rings. The number of carboxylic acids is 1. The molecule has 1 amide bonds. The first-order chi connectivity index (χ1) is 9.09. The molecule has 0 aliphatic carbocycles. The molecule has 2 heterocycles. The highest BCUT2D eigenvalue weighted by molar-refractivity contribution is 5.99. The zero-order chi connectivity index (χ0) is 13.5. The van der Waals surface area contributed by atoms with E-state index in [-0.39, 0.29) is 11.3 Å². The van der Waals surface area contributed by atoms with Crippen molar-refractivity contribution < 1.29 is 19.4 Å². The number of carbonyl (C=O) groups excluding carboxylic acids is 1. The minimum Gasteiger partial charge on any atom is -0.478 e. The average Bonchev–Trinajstić information content (AvgIpc) is 2.66. The van der Waals surface area contributed by atoms with E-state index in [4.69, 9.17) is 9.84 Å². The van der Waals surface area contributed by atoms with Gasteiger partial charge in [0.2, 0.25) is 5.91 Å². The van der Waals surface area contributed by atoms with Crippen LogP contribution in [0, 0.1) is 0 Å². The van der Waals surface area contributed by atoms with Crippen molar-refractivity contribution in [1.29, 1.82) is 0 Å². The van der Waals surface area contributed by atoms with Gasteiger partial charge >= 0.3 is 5.97 Å². The van der Waals surface area contributed by atoms with Gasteiger partial charge in [0.15, 0.2) is 0 Å². The highest BCUT2D eigenvalue weighted by atomic mass is 16.5. The Hall–Kier alpha value is -2.14. The van der Waals surface area contributed by atoms with Crippen LogP contribution in [0.2, 0.25) is 0 Å². The van der Waals surface area contributed by atoms with Gasteiger partial charge in [-0.15, -0.1) is 0 Å². The molecule has 0 saturated carbocycles. The summed E-state index contributed by atoms with van der Waals surface area (Å²) in [6.07, 6.45) is 3.20. The Morgan fingerprint density at radius 2 is 2.21 bits per heavy atom. The number of ether oxygens (including phenoxy) is 1. The average molecular weight is 259 g/mol. The van der Waals surface area contributed by atoms with Crippen LogP contribution in [0.1, 0.15) is 11.1 Å². The number of hydrogen-bond donors (Lipinski definition) is 2. The Kier molecular flexibility index (Phi) is 2.64. The molecule has 2 aliphatic heterocycles. The van der Waals surface area contributed by atoms with Gasteiger partial charge in [-0.2, -0.15) is 0 Å². The first kappa shape index (κ1) is 11.9. The van der Waals surface area contributed by atoms with E-state index in [0.717, 1.165) is 22.9 Å². The number of amides is 1. The third-order valence-electron chi connectivity index (χ3n) is 3.57. The molecule has 0 spiro atoms. The van der Waals surface area contributed by atoms with Crippen molar-refractivity contribution >= 4 is 17.6 Å². The fraction of sp³-hybridized carbons (Fsp3) is 0.286. The van der Waals surface area contributed by atoms with E-state index >= 15 is 0 Å². The third-order valence-corrected chi connectivity index (χ3v) is 3.57. The first-order valence-electron chi connectivity index (χ1n) is 6.02. The van der Waals surface area contributed by atoms with Crippen LogP contribution in [0.3, 0.4) is 0 Å². The Morgan fingerprint density at radius 1 is 1.42 bits per heavy atom.